The Morgan fingerprint density at radius 1 is 1.17 bits per heavy atom. The van der Waals surface area contributed by atoms with Gasteiger partial charge in [-0.05, 0) is 45.0 Å². The number of anilines is 1. The normalized spacial score (nSPS) is 25.3. The number of halogens is 1. The van der Waals surface area contributed by atoms with Crippen LogP contribution in [0.3, 0.4) is 0 Å². The van der Waals surface area contributed by atoms with Crippen molar-refractivity contribution in [3.8, 4) is 11.6 Å². The van der Waals surface area contributed by atoms with Crippen molar-refractivity contribution >= 4 is 21.7 Å². The second kappa shape index (κ2) is 5.35. The summed E-state index contributed by atoms with van der Waals surface area (Å²) >= 11 is 3.45. The average Bonchev–Trinajstić information content (AvgIpc) is 2.47. The van der Waals surface area contributed by atoms with Gasteiger partial charge in [-0.15, -0.1) is 10.2 Å². The Hall–Kier alpha value is -1.86. The molecule has 3 N–H and O–H groups in total. The molecule has 0 spiro atoms. The molecule has 0 aliphatic carbocycles. The topological polar surface area (TPSA) is 87.5 Å². The van der Waals surface area contributed by atoms with E-state index in [1.807, 2.05) is 32.0 Å². The van der Waals surface area contributed by atoms with Crippen LogP contribution in [0.1, 0.15) is 32.4 Å². The van der Waals surface area contributed by atoms with Crippen LogP contribution in [0.4, 0.5) is 5.82 Å². The lowest BCUT2D eigenvalue weighted by Crippen LogP contribution is -2.60. The highest BCUT2D eigenvalue weighted by Crippen LogP contribution is 2.48. The van der Waals surface area contributed by atoms with E-state index in [4.69, 9.17) is 4.74 Å². The maximum absolute atomic E-state index is 11.1. The highest BCUT2D eigenvalue weighted by atomic mass is 79.9. The lowest BCUT2D eigenvalue weighted by Gasteiger charge is -2.49. The summed E-state index contributed by atoms with van der Waals surface area (Å²) in [6.45, 7) is 5.41. The first-order chi connectivity index (χ1) is 10.7. The van der Waals surface area contributed by atoms with Crippen LogP contribution in [0.2, 0.25) is 0 Å². The van der Waals surface area contributed by atoms with Gasteiger partial charge in [-0.3, -0.25) is 0 Å². The highest BCUT2D eigenvalue weighted by molar-refractivity contribution is 9.10. The molecule has 2 aromatic rings. The van der Waals surface area contributed by atoms with Crippen molar-refractivity contribution in [2.45, 2.75) is 38.0 Å². The summed E-state index contributed by atoms with van der Waals surface area (Å²) in [5.41, 5.74) is -1.20. The van der Waals surface area contributed by atoms with Gasteiger partial charge in [0.2, 0.25) is 5.88 Å². The Balaban J connectivity index is 2.07. The Labute approximate surface area is 142 Å². The molecular weight excluding hydrogens is 362 g/mol. The second-order valence-electron chi connectivity index (χ2n) is 6.30. The second-order valence-corrected chi connectivity index (χ2v) is 7.21. The van der Waals surface area contributed by atoms with Gasteiger partial charge in [-0.25, -0.2) is 0 Å². The van der Waals surface area contributed by atoms with Crippen LogP contribution in [0.5, 0.6) is 11.6 Å². The van der Waals surface area contributed by atoms with Crippen molar-refractivity contribution in [1.82, 2.24) is 10.2 Å². The summed E-state index contributed by atoms with van der Waals surface area (Å²) in [7, 11) is 0. The number of fused-ring (bicyclic) bond motifs is 1. The van der Waals surface area contributed by atoms with Gasteiger partial charge in [0.15, 0.2) is 0 Å². The highest BCUT2D eigenvalue weighted by Gasteiger charge is 2.52. The van der Waals surface area contributed by atoms with E-state index >= 15 is 0 Å². The van der Waals surface area contributed by atoms with Gasteiger partial charge in [-0.1, -0.05) is 15.9 Å². The van der Waals surface area contributed by atoms with E-state index in [1.165, 1.54) is 6.07 Å². The molecule has 1 aliphatic heterocycles. The summed E-state index contributed by atoms with van der Waals surface area (Å²) in [6, 6.07) is 8.26. The molecule has 1 aromatic heterocycles. The molecule has 3 rings (SSSR count). The Morgan fingerprint density at radius 3 is 2.57 bits per heavy atom. The number of aromatic hydroxyl groups is 1. The number of rotatable bonds is 2. The first-order valence-electron chi connectivity index (χ1n) is 7.21. The fourth-order valence-corrected chi connectivity index (χ4v) is 3.01. The quantitative estimate of drug-likeness (QED) is 0.743. The third kappa shape index (κ3) is 2.74. The number of nitrogens with zero attached hydrogens (tertiary/aromatic N) is 2. The molecule has 0 fully saturated rings. The van der Waals surface area contributed by atoms with Crippen LogP contribution in [-0.2, 0) is 0 Å². The van der Waals surface area contributed by atoms with E-state index in [0.29, 0.717) is 11.6 Å². The van der Waals surface area contributed by atoms with Crippen LogP contribution >= 0.6 is 15.9 Å². The predicted molar refractivity (Wildman–Crippen MR) is 89.5 cm³/mol. The molecule has 0 saturated carbocycles. The van der Waals surface area contributed by atoms with Crippen molar-refractivity contribution in [2.75, 3.05) is 5.32 Å². The Kier molecular flexibility index (Phi) is 3.72. The zero-order chi connectivity index (χ0) is 16.8. The molecule has 0 saturated heterocycles. The third-order valence-corrected chi connectivity index (χ3v) is 4.86. The number of hydrogen-bond donors (Lipinski definition) is 3. The Bertz CT molecular complexity index is 732. The minimum absolute atomic E-state index is 0.155. The van der Waals surface area contributed by atoms with Crippen LogP contribution in [-0.4, -0.2) is 31.6 Å². The summed E-state index contributed by atoms with van der Waals surface area (Å²) in [6.07, 6.45) is 0. The van der Waals surface area contributed by atoms with Gasteiger partial charge >= 0.3 is 0 Å². The van der Waals surface area contributed by atoms with Crippen molar-refractivity contribution in [1.29, 1.82) is 0 Å². The molecule has 122 valence electrons. The van der Waals surface area contributed by atoms with E-state index in [-0.39, 0.29) is 5.88 Å². The molecule has 6 nitrogen and oxygen atoms in total. The van der Waals surface area contributed by atoms with Gasteiger partial charge in [-0.2, -0.15) is 0 Å². The first kappa shape index (κ1) is 16.0. The fraction of sp³-hybridized carbons (Fsp3) is 0.375. The van der Waals surface area contributed by atoms with E-state index in [9.17, 15) is 10.2 Å². The van der Waals surface area contributed by atoms with E-state index in [1.54, 1.807) is 13.0 Å². The number of ether oxygens (including phenoxy) is 1. The van der Waals surface area contributed by atoms with E-state index in [2.05, 4.69) is 31.4 Å². The average molecular weight is 380 g/mol. The van der Waals surface area contributed by atoms with Gasteiger partial charge in [0.1, 0.15) is 22.8 Å². The zero-order valence-electron chi connectivity index (χ0n) is 13.0. The van der Waals surface area contributed by atoms with Gasteiger partial charge in [0.05, 0.1) is 6.04 Å². The fourth-order valence-electron chi connectivity index (χ4n) is 2.63. The van der Waals surface area contributed by atoms with Crippen molar-refractivity contribution in [2.24, 2.45) is 0 Å². The molecule has 1 aromatic carbocycles. The van der Waals surface area contributed by atoms with Crippen molar-refractivity contribution in [3.63, 3.8) is 0 Å². The van der Waals surface area contributed by atoms with Gasteiger partial charge in [0, 0.05) is 16.1 Å². The van der Waals surface area contributed by atoms with Gasteiger partial charge < -0.3 is 20.3 Å². The van der Waals surface area contributed by atoms with Crippen LogP contribution in [0, 0.1) is 0 Å². The minimum atomic E-state index is -1.21. The summed E-state index contributed by atoms with van der Waals surface area (Å²) in [5.74, 6) is 1.00. The Morgan fingerprint density at radius 2 is 1.91 bits per heavy atom. The molecule has 1 aliphatic rings. The SMILES string of the molecule is CC1(C)Oc2ccc(Br)cc2C(Nc2ccc(O)nn2)C1(C)O. The molecule has 0 amide bonds. The largest absolute Gasteiger partial charge is 0.492 e. The number of aliphatic hydroxyl groups is 1. The smallest absolute Gasteiger partial charge is 0.231 e. The molecular formula is C16H18BrN3O3. The lowest BCUT2D eigenvalue weighted by atomic mass is 9.75. The lowest BCUT2D eigenvalue weighted by molar-refractivity contribution is -0.128. The number of nitrogens with one attached hydrogen (secondary N) is 1. The standard InChI is InChI=1S/C16H18BrN3O3/c1-15(2)16(3,22)14(18-12-6-7-13(21)20-19-12)10-8-9(17)4-5-11(10)23-15/h4-8,14,22H,1-3H3,(H,18,19)(H,20,21). The van der Waals surface area contributed by atoms with Crippen LogP contribution in [0.15, 0.2) is 34.8 Å². The summed E-state index contributed by atoms with van der Waals surface area (Å²) in [4.78, 5) is 0. The zero-order valence-corrected chi connectivity index (χ0v) is 14.6. The number of aromatic nitrogens is 2. The van der Waals surface area contributed by atoms with Crippen molar-refractivity contribution < 1.29 is 14.9 Å². The maximum Gasteiger partial charge on any atom is 0.231 e. The van der Waals surface area contributed by atoms with Crippen molar-refractivity contribution in [3.05, 3.63) is 40.4 Å². The third-order valence-electron chi connectivity index (χ3n) is 4.37. The maximum atomic E-state index is 11.1. The van der Waals surface area contributed by atoms with E-state index < -0.39 is 17.2 Å². The molecule has 0 bridgehead atoms. The predicted octanol–water partition coefficient (Wildman–Crippen LogP) is 3.02. The molecule has 7 heteroatoms. The molecule has 0 radical (unpaired) electrons. The van der Waals surface area contributed by atoms with E-state index in [0.717, 1.165) is 10.0 Å². The number of hydrogen-bond acceptors (Lipinski definition) is 6. The first-order valence-corrected chi connectivity index (χ1v) is 8.00. The molecule has 2 unspecified atom stereocenters. The molecule has 23 heavy (non-hydrogen) atoms. The van der Waals surface area contributed by atoms with Crippen LogP contribution < -0.4 is 10.1 Å². The summed E-state index contributed by atoms with van der Waals surface area (Å²) in [5, 5.41) is 31.1. The minimum Gasteiger partial charge on any atom is -0.492 e. The molecule has 2 atom stereocenters. The molecule has 2 heterocycles. The van der Waals surface area contributed by atoms with Gasteiger partial charge in [0.25, 0.3) is 0 Å². The number of benzene rings is 1. The summed E-state index contributed by atoms with van der Waals surface area (Å²) < 4.78 is 6.88. The van der Waals surface area contributed by atoms with Crippen LogP contribution in [0.25, 0.3) is 0 Å². The monoisotopic (exact) mass is 379 g/mol.